The number of benzene rings is 1. The van der Waals surface area contributed by atoms with Crippen LogP contribution in [0.3, 0.4) is 0 Å². The second kappa shape index (κ2) is 12.5. The molecule has 11 heteroatoms. The van der Waals surface area contributed by atoms with Crippen molar-refractivity contribution in [3.05, 3.63) is 64.2 Å². The summed E-state index contributed by atoms with van der Waals surface area (Å²) in [6, 6.07) is 8.63. The van der Waals surface area contributed by atoms with Gasteiger partial charge in [-0.15, -0.1) is 24.8 Å². The number of amides is 2. The van der Waals surface area contributed by atoms with Gasteiger partial charge in [-0.05, 0) is 50.1 Å². The minimum Gasteiger partial charge on any atom is -0.333 e. The Bertz CT molecular complexity index is 1290. The number of aromatic nitrogens is 2. The summed E-state index contributed by atoms with van der Waals surface area (Å²) in [5.74, 6) is -0.159. The summed E-state index contributed by atoms with van der Waals surface area (Å²) in [6.07, 6.45) is 0.511. The zero-order valence-electron chi connectivity index (χ0n) is 23.7. The maximum Gasteiger partial charge on any atom is 0.249 e. The van der Waals surface area contributed by atoms with Crippen LogP contribution in [0.25, 0.3) is 0 Å². The first-order valence-electron chi connectivity index (χ1n) is 13.4. The molecule has 0 unspecified atom stereocenters. The Morgan fingerprint density at radius 1 is 1.15 bits per heavy atom. The van der Waals surface area contributed by atoms with E-state index < -0.39 is 0 Å². The van der Waals surface area contributed by atoms with Crippen molar-refractivity contribution in [3.8, 4) is 0 Å². The number of fused-ring (bicyclic) bond motifs is 1. The van der Waals surface area contributed by atoms with Gasteiger partial charge < -0.3 is 15.1 Å². The number of rotatable bonds is 6. The SMILES string of the molecule is CC1=C(C)C(=O)N(C[C@H]2CN[C@H](C)CN2CC(=O)N2CC(C)(C)c3nnc(Cc4ccc(F)cc4)cc32)C1.Cl.Cl. The van der Waals surface area contributed by atoms with Crippen LogP contribution in [-0.4, -0.2) is 83.2 Å². The van der Waals surface area contributed by atoms with Crippen LogP contribution in [0.1, 0.15) is 51.6 Å². The molecule has 0 bridgehead atoms. The highest BCUT2D eigenvalue weighted by molar-refractivity contribution is 5.97. The van der Waals surface area contributed by atoms with Crippen LogP contribution in [0.5, 0.6) is 0 Å². The summed E-state index contributed by atoms with van der Waals surface area (Å²) in [6.45, 7) is 13.7. The van der Waals surface area contributed by atoms with Gasteiger partial charge in [-0.2, -0.15) is 10.2 Å². The van der Waals surface area contributed by atoms with Crippen molar-refractivity contribution in [1.29, 1.82) is 0 Å². The third-order valence-electron chi connectivity index (χ3n) is 8.08. The van der Waals surface area contributed by atoms with Crippen molar-refractivity contribution in [3.63, 3.8) is 0 Å². The predicted molar refractivity (Wildman–Crippen MR) is 159 cm³/mol. The summed E-state index contributed by atoms with van der Waals surface area (Å²) in [5.41, 5.74) is 4.93. The second-order valence-electron chi connectivity index (χ2n) is 11.7. The highest BCUT2D eigenvalue weighted by atomic mass is 35.5. The molecule has 5 rings (SSSR count). The summed E-state index contributed by atoms with van der Waals surface area (Å²) in [4.78, 5) is 32.5. The number of nitrogens with one attached hydrogen (secondary N) is 1. The minimum atomic E-state index is -0.314. The van der Waals surface area contributed by atoms with E-state index in [4.69, 9.17) is 0 Å². The molecule has 8 nitrogen and oxygen atoms in total. The molecule has 1 aromatic carbocycles. The quantitative estimate of drug-likeness (QED) is 0.553. The summed E-state index contributed by atoms with van der Waals surface area (Å²) >= 11 is 0. The van der Waals surface area contributed by atoms with Crippen LogP contribution >= 0.6 is 24.8 Å². The predicted octanol–water partition coefficient (Wildman–Crippen LogP) is 3.52. The molecule has 218 valence electrons. The molecule has 40 heavy (non-hydrogen) atoms. The average molecular weight is 594 g/mol. The van der Waals surface area contributed by atoms with Crippen molar-refractivity contribution < 1.29 is 14.0 Å². The Morgan fingerprint density at radius 3 is 2.50 bits per heavy atom. The number of carbonyl (C=O) groups excluding carboxylic acids is 2. The molecule has 4 heterocycles. The maximum atomic E-state index is 13.8. The first-order chi connectivity index (χ1) is 18.0. The fraction of sp³-hybridized carbons (Fsp3) is 0.517. The molecule has 2 atom stereocenters. The standard InChI is InChI=1S/C29H37FN6O2.2ClH/c1-18-13-35(28(38)20(18)3)15-24-12-31-19(2)14-34(24)16-26(37)36-17-29(4,5)27-25(36)11-23(32-33-27)10-21-6-8-22(30)9-7-21;;/h6-9,11,19,24,31H,10,12-17H2,1-5H3;2*1H/t19-,24-;;/m1../s1. The molecule has 1 N–H and O–H groups in total. The average Bonchev–Trinajstić information content (AvgIpc) is 3.28. The molecular formula is C29H39Cl2FN6O2. The van der Waals surface area contributed by atoms with E-state index in [-0.39, 0.29) is 66.5 Å². The lowest BCUT2D eigenvalue weighted by Crippen LogP contribution is -2.61. The molecule has 2 amide bonds. The van der Waals surface area contributed by atoms with Gasteiger partial charge in [0.05, 0.1) is 23.6 Å². The van der Waals surface area contributed by atoms with E-state index >= 15 is 0 Å². The van der Waals surface area contributed by atoms with Crippen LogP contribution in [0.2, 0.25) is 0 Å². The van der Waals surface area contributed by atoms with Crippen molar-refractivity contribution in [2.75, 3.05) is 44.2 Å². The monoisotopic (exact) mass is 592 g/mol. The normalized spacial score (nSPS) is 22.2. The van der Waals surface area contributed by atoms with Gasteiger partial charge in [-0.25, -0.2) is 4.39 Å². The largest absolute Gasteiger partial charge is 0.333 e. The van der Waals surface area contributed by atoms with E-state index in [2.05, 4.69) is 41.2 Å². The summed E-state index contributed by atoms with van der Waals surface area (Å²) in [7, 11) is 0. The highest BCUT2D eigenvalue weighted by Crippen LogP contribution is 2.39. The Balaban J connectivity index is 0.00000220. The lowest BCUT2D eigenvalue weighted by Gasteiger charge is -2.41. The van der Waals surface area contributed by atoms with Crippen LogP contribution in [0.4, 0.5) is 10.1 Å². The first-order valence-corrected chi connectivity index (χ1v) is 13.4. The number of carbonyl (C=O) groups is 2. The third-order valence-corrected chi connectivity index (χ3v) is 8.08. The molecule has 0 aliphatic carbocycles. The number of hydrogen-bond donors (Lipinski definition) is 1. The van der Waals surface area contributed by atoms with Gasteiger partial charge in [-0.1, -0.05) is 26.0 Å². The van der Waals surface area contributed by atoms with Crippen LogP contribution in [-0.2, 0) is 21.4 Å². The van der Waals surface area contributed by atoms with Gasteiger partial charge in [-0.3, -0.25) is 14.5 Å². The van der Waals surface area contributed by atoms with Crippen LogP contribution in [0.15, 0.2) is 41.5 Å². The summed E-state index contributed by atoms with van der Waals surface area (Å²) < 4.78 is 13.3. The van der Waals surface area contributed by atoms with E-state index in [9.17, 15) is 14.0 Å². The fourth-order valence-electron chi connectivity index (χ4n) is 5.75. The molecule has 1 aromatic heterocycles. The van der Waals surface area contributed by atoms with E-state index in [1.807, 2.05) is 29.7 Å². The minimum absolute atomic E-state index is 0. The Morgan fingerprint density at radius 2 is 1.85 bits per heavy atom. The number of hydrogen-bond acceptors (Lipinski definition) is 6. The van der Waals surface area contributed by atoms with E-state index in [0.29, 0.717) is 26.1 Å². The molecular weight excluding hydrogens is 554 g/mol. The number of anilines is 1. The topological polar surface area (TPSA) is 81.7 Å². The van der Waals surface area contributed by atoms with Gasteiger partial charge in [0, 0.05) is 62.2 Å². The van der Waals surface area contributed by atoms with E-state index in [1.54, 1.807) is 12.1 Å². The Labute approximate surface area is 248 Å². The van der Waals surface area contributed by atoms with Gasteiger partial charge in [0.2, 0.25) is 11.8 Å². The second-order valence-corrected chi connectivity index (χ2v) is 11.7. The van der Waals surface area contributed by atoms with Crippen molar-refractivity contribution in [2.24, 2.45) is 0 Å². The van der Waals surface area contributed by atoms with Crippen LogP contribution in [0, 0.1) is 5.82 Å². The molecule has 0 spiro atoms. The van der Waals surface area contributed by atoms with Gasteiger partial charge >= 0.3 is 0 Å². The van der Waals surface area contributed by atoms with Crippen molar-refractivity contribution in [1.82, 2.24) is 25.3 Å². The number of nitrogens with zero attached hydrogens (tertiary/aromatic N) is 5. The Kier molecular flexibility index (Phi) is 9.99. The summed E-state index contributed by atoms with van der Waals surface area (Å²) in [5, 5.41) is 12.5. The molecule has 3 aliphatic heterocycles. The first kappa shape index (κ1) is 31.9. The van der Waals surface area contributed by atoms with E-state index in [0.717, 1.165) is 46.9 Å². The van der Waals surface area contributed by atoms with Gasteiger partial charge in [0.15, 0.2) is 0 Å². The third kappa shape index (κ3) is 6.48. The molecule has 0 radical (unpaired) electrons. The molecule has 0 saturated carbocycles. The number of piperazine rings is 1. The fourth-order valence-corrected chi connectivity index (χ4v) is 5.75. The zero-order chi connectivity index (χ0) is 27.2. The Hall–Kier alpha value is -2.59. The van der Waals surface area contributed by atoms with Crippen LogP contribution < -0.4 is 10.2 Å². The molecule has 1 saturated heterocycles. The maximum absolute atomic E-state index is 13.8. The van der Waals surface area contributed by atoms with Crippen molar-refractivity contribution in [2.45, 2.75) is 58.5 Å². The lowest BCUT2D eigenvalue weighted by molar-refractivity contribution is -0.126. The molecule has 3 aliphatic rings. The van der Waals surface area contributed by atoms with E-state index in [1.165, 1.54) is 12.1 Å². The van der Waals surface area contributed by atoms with Gasteiger partial charge in [0.25, 0.3) is 0 Å². The number of halogens is 3. The molecule has 1 fully saturated rings. The van der Waals surface area contributed by atoms with Crippen molar-refractivity contribution >= 4 is 42.3 Å². The van der Waals surface area contributed by atoms with Gasteiger partial charge in [0.1, 0.15) is 5.82 Å². The lowest BCUT2D eigenvalue weighted by atomic mass is 9.91. The highest BCUT2D eigenvalue weighted by Gasteiger charge is 2.41. The smallest absolute Gasteiger partial charge is 0.249 e. The zero-order valence-corrected chi connectivity index (χ0v) is 25.4. The molecule has 2 aromatic rings.